The summed E-state index contributed by atoms with van der Waals surface area (Å²) in [5.41, 5.74) is 17.8. The van der Waals surface area contributed by atoms with Gasteiger partial charge in [-0.05, 0) is 136 Å². The van der Waals surface area contributed by atoms with Crippen LogP contribution in [0.3, 0.4) is 0 Å². The normalized spacial score (nSPS) is 12.4. The molecule has 552 valence electrons. The predicted octanol–water partition coefficient (Wildman–Crippen LogP) is 30.9. The monoisotopic (exact) mass is 1570 g/mol. The van der Waals surface area contributed by atoms with Crippen molar-refractivity contribution in [3.8, 4) is 17.1 Å². The molecule has 11 aromatic heterocycles. The van der Waals surface area contributed by atoms with Crippen molar-refractivity contribution >= 4 is 279 Å². The molecule has 0 saturated carbocycles. The van der Waals surface area contributed by atoms with Crippen molar-refractivity contribution in [2.24, 2.45) is 0 Å². The van der Waals surface area contributed by atoms with Gasteiger partial charge in [-0.3, -0.25) is 9.55 Å². The Labute approximate surface area is 688 Å². The van der Waals surface area contributed by atoms with Crippen LogP contribution in [0, 0.1) is 0 Å². The molecule has 8 nitrogen and oxygen atoms in total. The maximum absolute atomic E-state index is 4.89. The maximum Gasteiger partial charge on any atom is 0.145 e. The molecule has 0 unspecified atom stereocenters. The number of H-pyrrole nitrogens is 3. The molecule has 11 heterocycles. The number of fused-ring (bicyclic) bond motifs is 41. The third-order valence-corrected chi connectivity index (χ3v) is 29.0. The summed E-state index contributed by atoms with van der Waals surface area (Å²) in [5, 5.41) is 35.9. The molecule has 11 heteroatoms. The number of pyridine rings is 2. The fourth-order valence-electron chi connectivity index (χ4n) is 20.4. The lowest BCUT2D eigenvalue weighted by Gasteiger charge is -2.11. The summed E-state index contributed by atoms with van der Waals surface area (Å²) in [4.78, 5) is 20.8. The minimum atomic E-state index is 0.987. The molecule has 0 aliphatic heterocycles. The third kappa shape index (κ3) is 9.26. The lowest BCUT2D eigenvalue weighted by Crippen LogP contribution is -1.95. The van der Waals surface area contributed by atoms with Gasteiger partial charge >= 0.3 is 0 Å². The van der Waals surface area contributed by atoms with E-state index in [0.29, 0.717) is 0 Å². The number of aromatic amines is 3. The van der Waals surface area contributed by atoms with Crippen LogP contribution in [0.2, 0.25) is 0 Å². The highest BCUT2D eigenvalue weighted by atomic mass is 32.1. The molecule has 18 aromatic carbocycles. The van der Waals surface area contributed by atoms with Crippen molar-refractivity contribution in [2.75, 3.05) is 0 Å². The van der Waals surface area contributed by atoms with Gasteiger partial charge in [-0.25, -0.2) is 4.98 Å². The first-order chi connectivity index (χ1) is 59.0. The van der Waals surface area contributed by atoms with Crippen LogP contribution in [0.25, 0.3) is 262 Å². The van der Waals surface area contributed by atoms with Crippen LogP contribution in [-0.2, 0) is 0 Å². The lowest BCUT2D eigenvalue weighted by molar-refractivity contribution is 1.14. The highest BCUT2D eigenvalue weighted by Gasteiger charge is 2.26. The summed E-state index contributed by atoms with van der Waals surface area (Å²) in [6.45, 7) is 0. The minimum absolute atomic E-state index is 0.987. The zero-order chi connectivity index (χ0) is 77.4. The molecule has 119 heavy (non-hydrogen) atoms. The smallest absolute Gasteiger partial charge is 0.145 e. The Morgan fingerprint density at radius 1 is 0.227 bits per heavy atom. The Morgan fingerprint density at radius 3 is 1.33 bits per heavy atom. The predicted molar refractivity (Wildman–Crippen MR) is 512 cm³/mol. The topological polar surface area (TPSA) is 87.9 Å². The van der Waals surface area contributed by atoms with Crippen LogP contribution >= 0.6 is 34.0 Å². The van der Waals surface area contributed by atoms with Crippen molar-refractivity contribution in [3.05, 3.63) is 358 Å². The lowest BCUT2D eigenvalue weighted by atomic mass is 9.99. The van der Waals surface area contributed by atoms with E-state index in [4.69, 9.17) is 4.98 Å². The average molecular weight is 1570 g/mol. The van der Waals surface area contributed by atoms with Crippen molar-refractivity contribution in [3.63, 3.8) is 0 Å². The molecule has 0 amide bonds. The van der Waals surface area contributed by atoms with E-state index in [1.54, 1.807) is 0 Å². The largest absolute Gasteiger partial charge is 0.354 e. The van der Waals surface area contributed by atoms with Crippen LogP contribution in [0.4, 0.5) is 0 Å². The van der Waals surface area contributed by atoms with E-state index in [1.165, 1.54) is 251 Å². The molecule has 29 rings (SSSR count). The molecule has 3 N–H and O–H groups in total. The quantitative estimate of drug-likeness (QED) is 0.165. The summed E-state index contributed by atoms with van der Waals surface area (Å²) >= 11 is 5.71. The van der Waals surface area contributed by atoms with Crippen molar-refractivity contribution in [2.45, 2.75) is 0 Å². The van der Waals surface area contributed by atoms with Gasteiger partial charge in [-0.2, -0.15) is 0 Å². The summed E-state index contributed by atoms with van der Waals surface area (Å²) in [5.74, 6) is 0. The summed E-state index contributed by atoms with van der Waals surface area (Å²) in [6.07, 6.45) is 5.80. The zero-order valence-electron chi connectivity index (χ0n) is 63.5. The van der Waals surface area contributed by atoms with Crippen LogP contribution in [0.15, 0.2) is 358 Å². The molecule has 0 fully saturated rings. The Balaban J connectivity index is 0.0000000948. The number of nitrogens with one attached hydrogen (secondary N) is 3. The summed E-state index contributed by atoms with van der Waals surface area (Å²) in [6, 6.07) is 124. The van der Waals surface area contributed by atoms with Gasteiger partial charge in [-0.15, -0.1) is 34.0 Å². The number of para-hydroxylation sites is 5. The molecule has 29 aromatic rings. The fraction of sp³-hybridized carbons (Fsp3) is 0. The minimum Gasteiger partial charge on any atom is -0.354 e. The number of aromatic nitrogens is 8. The van der Waals surface area contributed by atoms with Gasteiger partial charge in [0.15, 0.2) is 0 Å². The van der Waals surface area contributed by atoms with Crippen LogP contribution in [-0.4, -0.2) is 38.6 Å². The fourth-order valence-corrected chi connectivity index (χ4v) is 24.2. The molecule has 0 atom stereocenters. The number of hydrogen-bond acceptors (Lipinski definition) is 5. The molecule has 0 saturated heterocycles. The van der Waals surface area contributed by atoms with Gasteiger partial charge in [-0.1, -0.05) is 231 Å². The van der Waals surface area contributed by atoms with Crippen LogP contribution in [0.1, 0.15) is 0 Å². The van der Waals surface area contributed by atoms with E-state index in [2.05, 4.69) is 367 Å². The highest BCUT2D eigenvalue weighted by Crippen LogP contribution is 2.53. The first-order valence-electron chi connectivity index (χ1n) is 40.4. The third-order valence-electron chi connectivity index (χ3n) is 25.4. The Kier molecular flexibility index (Phi) is 13.6. The van der Waals surface area contributed by atoms with E-state index in [-0.39, 0.29) is 0 Å². The number of thiophene rings is 3. The van der Waals surface area contributed by atoms with E-state index in [1.807, 2.05) is 58.7 Å². The molecule has 0 spiro atoms. The van der Waals surface area contributed by atoms with Crippen LogP contribution < -0.4 is 0 Å². The van der Waals surface area contributed by atoms with Crippen molar-refractivity contribution in [1.29, 1.82) is 0 Å². The second-order valence-electron chi connectivity index (χ2n) is 31.6. The van der Waals surface area contributed by atoms with Gasteiger partial charge in [0.2, 0.25) is 0 Å². The number of hydrogen-bond donors (Lipinski definition) is 3. The standard InChI is InChI=1S/C38H22N2S.C37H21N3S.C33H19N3S/c1-2-12-23-22(10-1)11-9-19-31(23)40-32-18-8-6-13-24(32)28-20-29-34(21-33(28)40)41-38-26-15-4-3-14-25(26)35-27-16-5-7-17-30(27)39-37(35)36(29)38;1-2-9-22-18-23(16-15-21(22)8-1)40-31-20-32-29(19-28(31)26-13-7-17-38-37(26)40)34-35-33(27-12-5-6-14-30(27)39-35)24-10-3-4-11-25(24)36(34)41-32;1-2-8-19(9-3-1)36-27-14-15-34-18-25(27)23-16-24-29(17-28(23)36)37-33-21-11-5-4-10-20(21)32-30(31(24)33)22-12-6-7-13-26(22)35-32/h1-21,39H;1-20,39H;1-18,35H. The summed E-state index contributed by atoms with van der Waals surface area (Å²) in [7, 11) is 0. The molecular formula is C108H62N8S3. The first kappa shape index (κ1) is 65.3. The van der Waals surface area contributed by atoms with Crippen molar-refractivity contribution in [1.82, 2.24) is 38.6 Å². The van der Waals surface area contributed by atoms with Crippen LogP contribution in [0.5, 0.6) is 0 Å². The number of benzene rings is 18. The second-order valence-corrected chi connectivity index (χ2v) is 34.7. The van der Waals surface area contributed by atoms with Gasteiger partial charge in [0, 0.05) is 199 Å². The molecular weight excluding hydrogens is 1510 g/mol. The van der Waals surface area contributed by atoms with Crippen molar-refractivity contribution < 1.29 is 0 Å². The number of nitrogens with zero attached hydrogens (tertiary/aromatic N) is 5. The van der Waals surface area contributed by atoms with E-state index in [9.17, 15) is 0 Å². The Morgan fingerprint density at radius 2 is 0.681 bits per heavy atom. The second kappa shape index (κ2) is 24.8. The SMILES string of the molecule is c1ccc(-n2c3ccncc3c3cc4c(cc32)sc2c3ccccc3c3[nH]c5ccccc5c3c42)cc1.c1ccc2c(-n3c4ccccc4c4cc5c(cc43)sc3c4ccccc4c4c6ccccc6[nH]c4c53)cccc2c1.c1ccc2cc(-n3c4cc5sc6c7ccccc7c7c8ccccc8[nH]c7c6c5cc4c4cccnc43)ccc2c1. The molecule has 0 aliphatic rings. The van der Waals surface area contributed by atoms with Gasteiger partial charge in [0.1, 0.15) is 5.65 Å². The Hall–Kier alpha value is -15.0. The van der Waals surface area contributed by atoms with Gasteiger partial charge < -0.3 is 24.1 Å². The molecule has 0 bridgehead atoms. The first-order valence-corrected chi connectivity index (χ1v) is 42.9. The average Bonchev–Trinajstić information content (AvgIpc) is 1.55. The molecule has 0 aliphatic carbocycles. The highest BCUT2D eigenvalue weighted by molar-refractivity contribution is 7.28. The Bertz CT molecular complexity index is 9480. The maximum atomic E-state index is 4.89. The zero-order valence-corrected chi connectivity index (χ0v) is 66.0. The van der Waals surface area contributed by atoms with Gasteiger partial charge in [0.05, 0.1) is 49.8 Å². The van der Waals surface area contributed by atoms with E-state index in [0.717, 1.165) is 11.3 Å². The molecule has 0 radical (unpaired) electrons. The van der Waals surface area contributed by atoms with E-state index < -0.39 is 0 Å². The van der Waals surface area contributed by atoms with E-state index >= 15 is 0 Å². The summed E-state index contributed by atoms with van der Waals surface area (Å²) < 4.78 is 15.1. The number of rotatable bonds is 3. The van der Waals surface area contributed by atoms with Gasteiger partial charge in [0.25, 0.3) is 0 Å².